The second-order valence-corrected chi connectivity index (χ2v) is 8.48. The van der Waals surface area contributed by atoms with Gasteiger partial charge in [-0.3, -0.25) is 4.79 Å². The maximum Gasteiger partial charge on any atom is 0.420 e. The summed E-state index contributed by atoms with van der Waals surface area (Å²) in [6.45, 7) is 0.456. The van der Waals surface area contributed by atoms with Crippen LogP contribution in [0.1, 0.15) is 48.0 Å². The molecule has 1 aliphatic rings. The van der Waals surface area contributed by atoms with Crippen LogP contribution < -0.4 is 10.1 Å². The molecule has 0 saturated heterocycles. The molecule has 176 valence electrons. The topological polar surface area (TPSA) is 38.3 Å². The summed E-state index contributed by atoms with van der Waals surface area (Å²) in [7, 11) is 2.54. The Balaban J connectivity index is 1.84. The van der Waals surface area contributed by atoms with Gasteiger partial charge in [0.1, 0.15) is 11.3 Å². The van der Waals surface area contributed by atoms with Gasteiger partial charge >= 0.3 is 12.4 Å². The van der Waals surface area contributed by atoms with Crippen LogP contribution in [0.2, 0.25) is 0 Å². The predicted molar refractivity (Wildman–Crippen MR) is 113 cm³/mol. The van der Waals surface area contributed by atoms with Gasteiger partial charge in [-0.25, -0.2) is 0 Å². The standard InChI is InChI=1S/C22H24F6NO2P/c23-21(24,25)15-4-6-16(7-5-15)31-18-9-3-13-12-14(20(30)29-10-1-11-32)2-8-17(13)19(18)22(26,27)28/h2-3,8-9,12,15-16H,1,4-7,10-11,32H2,(H,29,30)/t15-,16+. The molecule has 1 atom stereocenters. The highest BCUT2D eigenvalue weighted by Crippen LogP contribution is 2.44. The summed E-state index contributed by atoms with van der Waals surface area (Å²) in [5.41, 5.74) is -0.739. The molecule has 0 radical (unpaired) electrons. The van der Waals surface area contributed by atoms with E-state index in [-0.39, 0.29) is 47.9 Å². The maximum absolute atomic E-state index is 13.9. The molecule has 3 nitrogen and oxygen atoms in total. The first-order valence-corrected chi connectivity index (χ1v) is 11.2. The number of hydrogen-bond donors (Lipinski definition) is 1. The Kier molecular flexibility index (Phi) is 7.58. The van der Waals surface area contributed by atoms with E-state index < -0.39 is 35.7 Å². The fourth-order valence-electron chi connectivity index (χ4n) is 3.94. The molecular formula is C22H24F6NO2P. The molecule has 10 heteroatoms. The van der Waals surface area contributed by atoms with Crippen LogP contribution in [0.15, 0.2) is 30.3 Å². The molecule has 0 bridgehead atoms. The lowest BCUT2D eigenvalue weighted by Gasteiger charge is -2.31. The molecule has 0 spiro atoms. The number of carbonyl (C=O) groups is 1. The minimum Gasteiger partial charge on any atom is -0.490 e. The van der Waals surface area contributed by atoms with E-state index in [2.05, 4.69) is 14.6 Å². The van der Waals surface area contributed by atoms with E-state index in [0.717, 1.165) is 12.6 Å². The fraction of sp³-hybridized carbons (Fsp3) is 0.500. The molecular weight excluding hydrogens is 455 g/mol. The van der Waals surface area contributed by atoms with Crippen LogP contribution in [0.4, 0.5) is 26.3 Å². The highest BCUT2D eigenvalue weighted by molar-refractivity contribution is 7.16. The minimum absolute atomic E-state index is 0.0366. The first-order chi connectivity index (χ1) is 15.0. The summed E-state index contributed by atoms with van der Waals surface area (Å²) in [6.07, 6.45) is -8.44. The van der Waals surface area contributed by atoms with Gasteiger partial charge in [0, 0.05) is 12.1 Å². The molecule has 2 aromatic rings. The van der Waals surface area contributed by atoms with Crippen LogP contribution in [0, 0.1) is 5.92 Å². The van der Waals surface area contributed by atoms with Gasteiger partial charge < -0.3 is 10.1 Å². The van der Waals surface area contributed by atoms with Crippen molar-refractivity contribution in [3.63, 3.8) is 0 Å². The number of amides is 1. The summed E-state index contributed by atoms with van der Waals surface area (Å²) >= 11 is 0. The molecule has 1 fully saturated rings. The van der Waals surface area contributed by atoms with Crippen LogP contribution in [0.5, 0.6) is 5.75 Å². The molecule has 1 amide bonds. The lowest BCUT2D eigenvalue weighted by Crippen LogP contribution is -2.32. The molecule has 0 heterocycles. The van der Waals surface area contributed by atoms with Crippen molar-refractivity contribution in [2.45, 2.75) is 50.6 Å². The van der Waals surface area contributed by atoms with E-state index in [4.69, 9.17) is 4.74 Å². The van der Waals surface area contributed by atoms with E-state index in [1.807, 2.05) is 0 Å². The zero-order valence-corrected chi connectivity index (χ0v) is 18.3. The van der Waals surface area contributed by atoms with Crippen molar-refractivity contribution >= 4 is 25.9 Å². The first kappa shape index (κ1) is 24.6. The molecule has 2 aromatic carbocycles. The van der Waals surface area contributed by atoms with Crippen molar-refractivity contribution in [1.29, 1.82) is 0 Å². The van der Waals surface area contributed by atoms with Crippen LogP contribution in [-0.4, -0.2) is 30.9 Å². The number of nitrogens with one attached hydrogen (secondary N) is 1. The quantitative estimate of drug-likeness (QED) is 0.298. The predicted octanol–water partition coefficient (Wildman–Crippen LogP) is 6.35. The Labute approximate surface area is 184 Å². The lowest BCUT2D eigenvalue weighted by molar-refractivity contribution is -0.185. The second kappa shape index (κ2) is 9.86. The van der Waals surface area contributed by atoms with Crippen LogP contribution in [-0.2, 0) is 6.18 Å². The number of fused-ring (bicyclic) bond motifs is 1. The second-order valence-electron chi connectivity index (χ2n) is 7.90. The number of halogens is 6. The number of hydrogen-bond acceptors (Lipinski definition) is 2. The number of alkyl halides is 6. The smallest absolute Gasteiger partial charge is 0.420 e. The van der Waals surface area contributed by atoms with Crippen molar-refractivity contribution < 1.29 is 35.9 Å². The van der Waals surface area contributed by atoms with Gasteiger partial charge in [0.05, 0.1) is 12.0 Å². The summed E-state index contributed by atoms with van der Waals surface area (Å²) < 4.78 is 85.8. The average Bonchev–Trinajstić information content (AvgIpc) is 2.72. The SMILES string of the molecule is O=C(NCCCP)c1ccc2c(C(F)(F)F)c(O[C@H]3CC[C@@H](C(F)(F)F)CC3)ccc2c1. The minimum atomic E-state index is -4.74. The molecule has 1 unspecified atom stereocenters. The lowest BCUT2D eigenvalue weighted by atomic mass is 9.87. The van der Waals surface area contributed by atoms with Gasteiger partial charge in [-0.15, -0.1) is 9.24 Å². The Bertz CT molecular complexity index is 952. The Morgan fingerprint density at radius 2 is 1.72 bits per heavy atom. The van der Waals surface area contributed by atoms with Crippen LogP contribution in [0.25, 0.3) is 10.8 Å². The van der Waals surface area contributed by atoms with Crippen LogP contribution in [0.3, 0.4) is 0 Å². The summed E-state index contributed by atoms with van der Waals surface area (Å²) in [4.78, 5) is 12.2. The highest BCUT2D eigenvalue weighted by atomic mass is 31.0. The van der Waals surface area contributed by atoms with Gasteiger partial charge in [0.15, 0.2) is 0 Å². The van der Waals surface area contributed by atoms with Gasteiger partial charge in [0.25, 0.3) is 5.91 Å². The summed E-state index contributed by atoms with van der Waals surface area (Å²) in [5, 5.41) is 2.81. The number of benzene rings is 2. The van der Waals surface area contributed by atoms with Crippen molar-refractivity contribution in [2.75, 3.05) is 12.7 Å². The maximum atomic E-state index is 13.9. The third-order valence-corrected chi connectivity index (χ3v) is 6.03. The number of carbonyl (C=O) groups excluding carboxylic acids is 1. The van der Waals surface area contributed by atoms with E-state index in [1.54, 1.807) is 0 Å². The van der Waals surface area contributed by atoms with Gasteiger partial charge in [0.2, 0.25) is 0 Å². The number of rotatable bonds is 6. The fourth-order valence-corrected chi connectivity index (χ4v) is 4.14. The van der Waals surface area contributed by atoms with Crippen molar-refractivity contribution in [2.24, 2.45) is 5.92 Å². The molecule has 0 aromatic heterocycles. The van der Waals surface area contributed by atoms with E-state index in [0.29, 0.717) is 6.54 Å². The van der Waals surface area contributed by atoms with Crippen LogP contribution >= 0.6 is 9.24 Å². The third kappa shape index (κ3) is 5.85. The number of ether oxygens (including phenoxy) is 1. The zero-order valence-electron chi connectivity index (χ0n) is 17.2. The highest BCUT2D eigenvalue weighted by Gasteiger charge is 2.42. The summed E-state index contributed by atoms with van der Waals surface area (Å²) in [5.74, 6) is -2.22. The summed E-state index contributed by atoms with van der Waals surface area (Å²) in [6, 6.07) is 6.55. The van der Waals surface area contributed by atoms with Gasteiger partial charge in [-0.05, 0) is 67.2 Å². The van der Waals surface area contributed by atoms with E-state index in [9.17, 15) is 31.1 Å². The molecule has 1 aliphatic carbocycles. The van der Waals surface area contributed by atoms with Crippen molar-refractivity contribution in [3.05, 3.63) is 41.5 Å². The molecule has 0 aliphatic heterocycles. The normalized spacial score (nSPS) is 19.7. The largest absolute Gasteiger partial charge is 0.490 e. The Hall–Kier alpha value is -2.02. The van der Waals surface area contributed by atoms with E-state index in [1.165, 1.54) is 30.3 Å². The zero-order chi connectivity index (χ0) is 23.5. The third-order valence-electron chi connectivity index (χ3n) is 5.62. The van der Waals surface area contributed by atoms with Crippen molar-refractivity contribution in [1.82, 2.24) is 5.32 Å². The molecule has 3 rings (SSSR count). The van der Waals surface area contributed by atoms with Gasteiger partial charge in [-0.1, -0.05) is 12.1 Å². The Morgan fingerprint density at radius 1 is 1.03 bits per heavy atom. The van der Waals surface area contributed by atoms with Crippen molar-refractivity contribution in [3.8, 4) is 5.75 Å². The first-order valence-electron chi connectivity index (χ1n) is 10.4. The molecule has 1 saturated carbocycles. The Morgan fingerprint density at radius 3 is 2.31 bits per heavy atom. The monoisotopic (exact) mass is 479 g/mol. The molecule has 32 heavy (non-hydrogen) atoms. The van der Waals surface area contributed by atoms with E-state index >= 15 is 0 Å². The van der Waals surface area contributed by atoms with Gasteiger partial charge in [-0.2, -0.15) is 26.3 Å². The molecule has 1 N–H and O–H groups in total. The average molecular weight is 479 g/mol.